The van der Waals surface area contributed by atoms with Gasteiger partial charge in [0, 0.05) is 18.6 Å². The van der Waals surface area contributed by atoms with Gasteiger partial charge in [0.1, 0.15) is 0 Å². The molecule has 92 valence electrons. The van der Waals surface area contributed by atoms with Crippen molar-refractivity contribution in [1.82, 2.24) is 10.2 Å². The van der Waals surface area contributed by atoms with Crippen molar-refractivity contribution in [2.75, 3.05) is 13.6 Å². The number of hydrogen-bond acceptors (Lipinski definition) is 3. The zero-order valence-electron chi connectivity index (χ0n) is 10.1. The molecule has 4 heteroatoms. The minimum absolute atomic E-state index is 0.0954. The van der Waals surface area contributed by atoms with E-state index in [0.29, 0.717) is 6.04 Å². The van der Waals surface area contributed by atoms with Crippen LogP contribution in [0.25, 0.3) is 0 Å². The maximum Gasteiger partial charge on any atom is 0.234 e. The predicted octanol–water partition coefficient (Wildman–Crippen LogP) is 0.467. The van der Waals surface area contributed by atoms with Crippen molar-refractivity contribution in [3.05, 3.63) is 0 Å². The molecule has 0 aromatic carbocycles. The minimum atomic E-state index is -0.203. The van der Waals surface area contributed by atoms with Gasteiger partial charge in [0.25, 0.3) is 0 Å². The van der Waals surface area contributed by atoms with Crippen molar-refractivity contribution >= 4 is 5.91 Å². The van der Waals surface area contributed by atoms with Crippen LogP contribution in [0.2, 0.25) is 0 Å². The topological polar surface area (TPSA) is 58.4 Å². The van der Waals surface area contributed by atoms with E-state index in [1.54, 1.807) is 0 Å². The summed E-state index contributed by atoms with van der Waals surface area (Å²) in [7, 11) is 2.20. The molecule has 2 unspecified atom stereocenters. The van der Waals surface area contributed by atoms with Gasteiger partial charge in [-0.05, 0) is 32.7 Å². The van der Waals surface area contributed by atoms with Crippen molar-refractivity contribution in [1.29, 1.82) is 0 Å². The SMILES string of the molecule is CN(CC1CCC(C(N)=O)N1)C1CCCC1. The molecule has 4 nitrogen and oxygen atoms in total. The van der Waals surface area contributed by atoms with Gasteiger partial charge in [-0.2, -0.15) is 0 Å². The first-order chi connectivity index (χ1) is 7.66. The van der Waals surface area contributed by atoms with Crippen LogP contribution in [0, 0.1) is 0 Å². The molecule has 1 heterocycles. The van der Waals surface area contributed by atoms with Crippen LogP contribution < -0.4 is 11.1 Å². The summed E-state index contributed by atoms with van der Waals surface area (Å²) in [6.07, 6.45) is 7.39. The molecule has 0 aromatic heterocycles. The lowest BCUT2D eigenvalue weighted by Crippen LogP contribution is -2.45. The maximum absolute atomic E-state index is 11.0. The van der Waals surface area contributed by atoms with E-state index in [9.17, 15) is 4.79 Å². The third-order valence-electron chi connectivity index (χ3n) is 4.04. The Morgan fingerprint density at radius 3 is 2.56 bits per heavy atom. The van der Waals surface area contributed by atoms with Crippen LogP contribution in [0.15, 0.2) is 0 Å². The second-order valence-electron chi connectivity index (χ2n) is 5.27. The molecule has 16 heavy (non-hydrogen) atoms. The van der Waals surface area contributed by atoms with Crippen molar-refractivity contribution in [2.45, 2.75) is 56.7 Å². The van der Waals surface area contributed by atoms with E-state index < -0.39 is 0 Å². The number of nitrogens with two attached hydrogens (primary N) is 1. The van der Waals surface area contributed by atoms with Gasteiger partial charge in [-0.3, -0.25) is 4.79 Å². The Bertz CT molecular complexity index is 251. The number of primary amides is 1. The number of hydrogen-bond donors (Lipinski definition) is 2. The highest BCUT2D eigenvalue weighted by Gasteiger charge is 2.29. The van der Waals surface area contributed by atoms with Gasteiger partial charge in [-0.1, -0.05) is 12.8 Å². The Hall–Kier alpha value is -0.610. The fourth-order valence-corrected chi connectivity index (χ4v) is 3.03. The highest BCUT2D eigenvalue weighted by molar-refractivity contribution is 5.80. The average molecular weight is 225 g/mol. The van der Waals surface area contributed by atoms with E-state index in [4.69, 9.17) is 5.73 Å². The molecule has 1 saturated heterocycles. The smallest absolute Gasteiger partial charge is 0.234 e. The molecule has 0 bridgehead atoms. The molecule has 1 aliphatic carbocycles. The minimum Gasteiger partial charge on any atom is -0.368 e. The van der Waals surface area contributed by atoms with Crippen molar-refractivity contribution < 1.29 is 4.79 Å². The summed E-state index contributed by atoms with van der Waals surface area (Å²) in [5, 5.41) is 3.33. The number of nitrogens with zero attached hydrogens (tertiary/aromatic N) is 1. The van der Waals surface area contributed by atoms with Crippen LogP contribution in [-0.2, 0) is 4.79 Å². The third-order valence-corrected chi connectivity index (χ3v) is 4.04. The fourth-order valence-electron chi connectivity index (χ4n) is 3.03. The number of nitrogens with one attached hydrogen (secondary N) is 1. The van der Waals surface area contributed by atoms with Crippen LogP contribution in [0.3, 0.4) is 0 Å². The standard InChI is InChI=1S/C12H23N3O/c1-15(10-4-2-3-5-10)8-9-6-7-11(14-9)12(13)16/h9-11,14H,2-8H2,1H3,(H2,13,16). The van der Waals surface area contributed by atoms with E-state index >= 15 is 0 Å². The lowest BCUT2D eigenvalue weighted by molar-refractivity contribution is -0.119. The Kier molecular flexibility index (Phi) is 3.82. The molecule has 0 radical (unpaired) electrons. The van der Waals surface area contributed by atoms with Crippen molar-refractivity contribution in [3.8, 4) is 0 Å². The van der Waals surface area contributed by atoms with Gasteiger partial charge >= 0.3 is 0 Å². The lowest BCUT2D eigenvalue weighted by Gasteiger charge is -2.27. The lowest BCUT2D eigenvalue weighted by atomic mass is 10.1. The van der Waals surface area contributed by atoms with E-state index in [1.807, 2.05) is 0 Å². The van der Waals surface area contributed by atoms with Crippen LogP contribution in [0.4, 0.5) is 0 Å². The number of amides is 1. The monoisotopic (exact) mass is 225 g/mol. The quantitative estimate of drug-likeness (QED) is 0.731. The zero-order valence-corrected chi connectivity index (χ0v) is 10.1. The van der Waals surface area contributed by atoms with Gasteiger partial charge in [-0.25, -0.2) is 0 Å². The van der Waals surface area contributed by atoms with Gasteiger partial charge in [0.2, 0.25) is 5.91 Å². The summed E-state index contributed by atoms with van der Waals surface area (Å²) in [5.41, 5.74) is 5.30. The molecule has 0 aromatic rings. The summed E-state index contributed by atoms with van der Waals surface area (Å²) < 4.78 is 0. The molecule has 2 aliphatic rings. The highest BCUT2D eigenvalue weighted by atomic mass is 16.1. The number of likely N-dealkylation sites (N-methyl/N-ethyl adjacent to an activating group) is 1. The van der Waals surface area contributed by atoms with Crippen LogP contribution in [-0.4, -0.2) is 42.5 Å². The predicted molar refractivity (Wildman–Crippen MR) is 64.0 cm³/mol. The molecular weight excluding hydrogens is 202 g/mol. The summed E-state index contributed by atoms with van der Waals surface area (Å²) in [6.45, 7) is 1.05. The Morgan fingerprint density at radius 1 is 1.31 bits per heavy atom. The molecule has 2 atom stereocenters. The summed E-state index contributed by atoms with van der Waals surface area (Å²) in [4.78, 5) is 13.5. The first-order valence-electron chi connectivity index (χ1n) is 6.42. The molecule has 1 amide bonds. The number of rotatable bonds is 4. The molecule has 0 spiro atoms. The fraction of sp³-hybridized carbons (Fsp3) is 0.917. The normalized spacial score (nSPS) is 31.4. The van der Waals surface area contributed by atoms with E-state index in [1.165, 1.54) is 25.7 Å². The van der Waals surface area contributed by atoms with E-state index in [0.717, 1.165) is 25.4 Å². The Morgan fingerprint density at radius 2 is 2.00 bits per heavy atom. The van der Waals surface area contributed by atoms with Gasteiger partial charge in [0.15, 0.2) is 0 Å². The number of carbonyl (C=O) groups excluding carboxylic acids is 1. The van der Waals surface area contributed by atoms with E-state index in [2.05, 4.69) is 17.3 Å². The van der Waals surface area contributed by atoms with Gasteiger partial charge < -0.3 is 16.0 Å². The molecule has 1 saturated carbocycles. The molecular formula is C12H23N3O. The third kappa shape index (κ3) is 2.74. The van der Waals surface area contributed by atoms with Crippen LogP contribution in [0.5, 0.6) is 0 Å². The number of carbonyl (C=O) groups is 1. The molecule has 2 rings (SSSR count). The highest BCUT2D eigenvalue weighted by Crippen LogP contribution is 2.23. The largest absolute Gasteiger partial charge is 0.368 e. The molecule has 2 fully saturated rings. The van der Waals surface area contributed by atoms with Crippen LogP contribution in [0.1, 0.15) is 38.5 Å². The second kappa shape index (κ2) is 5.15. The van der Waals surface area contributed by atoms with E-state index in [-0.39, 0.29) is 11.9 Å². The van der Waals surface area contributed by atoms with Gasteiger partial charge in [0.05, 0.1) is 6.04 Å². The average Bonchev–Trinajstić information content (AvgIpc) is 2.87. The summed E-state index contributed by atoms with van der Waals surface area (Å²) in [6, 6.07) is 1.11. The summed E-state index contributed by atoms with van der Waals surface area (Å²) >= 11 is 0. The second-order valence-corrected chi connectivity index (χ2v) is 5.27. The Labute approximate surface area is 97.6 Å². The van der Waals surface area contributed by atoms with Crippen LogP contribution >= 0.6 is 0 Å². The first-order valence-corrected chi connectivity index (χ1v) is 6.42. The van der Waals surface area contributed by atoms with Crippen molar-refractivity contribution in [2.24, 2.45) is 5.73 Å². The Balaban J connectivity index is 1.75. The first kappa shape index (κ1) is 11.9. The van der Waals surface area contributed by atoms with Gasteiger partial charge in [-0.15, -0.1) is 0 Å². The molecule has 1 aliphatic heterocycles. The molecule has 3 N–H and O–H groups in total. The van der Waals surface area contributed by atoms with Crippen molar-refractivity contribution in [3.63, 3.8) is 0 Å². The maximum atomic E-state index is 11.0. The zero-order chi connectivity index (χ0) is 11.5. The summed E-state index contributed by atoms with van der Waals surface area (Å²) in [5.74, 6) is -0.203.